The van der Waals surface area contributed by atoms with Crippen LogP contribution in [0, 0.1) is 11.8 Å². The van der Waals surface area contributed by atoms with E-state index in [1.54, 1.807) is 12.1 Å². The van der Waals surface area contributed by atoms with Gasteiger partial charge in [-0.2, -0.15) is 0 Å². The second-order valence-electron chi connectivity index (χ2n) is 14.1. The van der Waals surface area contributed by atoms with E-state index < -0.39 is 17.7 Å². The van der Waals surface area contributed by atoms with Crippen molar-refractivity contribution in [3.8, 4) is 0 Å². The smallest absolute Gasteiger partial charge is 0.165 e. The van der Waals surface area contributed by atoms with Crippen molar-refractivity contribution in [1.82, 2.24) is 9.97 Å². The fraction of sp³-hybridized carbons (Fsp3) is 0.462. The molecule has 0 spiro atoms. The normalized spacial score (nSPS) is 28.0. The standard InChI is InChI=1S/C19H21Cl2NO3.C10H14O3.C9H4BrCl2N.CH4/c1-19(2)24-16-12(9-15(23)17(16)25-19)6-4-10-3-5-11-8-13(20)18(21)22-14(11)7-10;1-4-6-5-7(11)9-8(6)12-10(2,3)13-9;10-6-2-1-5-3-7(11)9(12)13-8(5)4-6;/h3,5,7-8,12,15-17,23H,4,6,9H2,1-2H3;4,6,8-9H,1,5H2,2-3H3;1-4H;1H4/t12-,15-,16+,17-;6-,8+,9-;;/m00../s1. The predicted molar refractivity (Wildman–Crippen MR) is 211 cm³/mol. The van der Waals surface area contributed by atoms with E-state index in [0.29, 0.717) is 32.7 Å². The average Bonchev–Trinajstić information content (AvgIpc) is 3.75. The van der Waals surface area contributed by atoms with Crippen LogP contribution in [0.5, 0.6) is 0 Å². The lowest BCUT2D eigenvalue weighted by atomic mass is 9.95. The molecule has 4 aromatic rings. The maximum Gasteiger partial charge on any atom is 0.165 e. The van der Waals surface area contributed by atoms with E-state index >= 15 is 0 Å². The SMILES string of the molecule is C.C=C[C@H]1CC(=O)[C@@H]2OC(C)(C)O[C@H]12.CC1(C)O[C@@H]2[C@@H](CCc3ccc4cc(Cl)c(Cl)nc4c3)C[C@H](O)[C@@H]2O1.Clc1cc2ccc(Br)cc2nc1Cl. The van der Waals surface area contributed by atoms with Gasteiger partial charge in [-0.3, -0.25) is 4.79 Å². The molecular weight excluding hydrogens is 814 g/mol. The van der Waals surface area contributed by atoms with Crippen LogP contribution in [-0.4, -0.2) is 63.0 Å². The molecule has 0 bridgehead atoms. The van der Waals surface area contributed by atoms with Crippen molar-refractivity contribution >= 4 is 89.9 Å². The molecule has 13 heteroatoms. The van der Waals surface area contributed by atoms with Gasteiger partial charge in [-0.1, -0.05) is 94.0 Å². The van der Waals surface area contributed by atoms with Gasteiger partial charge in [-0.15, -0.1) is 6.58 Å². The minimum absolute atomic E-state index is 0. The van der Waals surface area contributed by atoms with Crippen molar-refractivity contribution in [2.24, 2.45) is 11.8 Å². The highest BCUT2D eigenvalue weighted by Gasteiger charge is 2.54. The van der Waals surface area contributed by atoms with Gasteiger partial charge < -0.3 is 24.1 Å². The second-order valence-corrected chi connectivity index (χ2v) is 16.6. The van der Waals surface area contributed by atoms with Crippen LogP contribution in [-0.2, 0) is 30.2 Å². The number of rotatable bonds is 4. The third-order valence-corrected chi connectivity index (χ3v) is 11.3. The molecule has 2 saturated carbocycles. The van der Waals surface area contributed by atoms with E-state index in [4.69, 9.17) is 65.4 Å². The van der Waals surface area contributed by atoms with Gasteiger partial charge in [-0.05, 0) is 88.8 Å². The minimum atomic E-state index is -0.618. The Morgan fingerprint density at radius 2 is 1.40 bits per heavy atom. The van der Waals surface area contributed by atoms with Crippen LogP contribution in [0.1, 0.15) is 59.9 Å². The number of hydrogen-bond donors (Lipinski definition) is 1. The van der Waals surface area contributed by atoms with E-state index in [1.165, 1.54) is 5.56 Å². The molecule has 8 nitrogen and oxygen atoms in total. The van der Waals surface area contributed by atoms with Crippen LogP contribution < -0.4 is 0 Å². The van der Waals surface area contributed by atoms with Crippen LogP contribution in [0.3, 0.4) is 0 Å². The summed E-state index contributed by atoms with van der Waals surface area (Å²) in [5.41, 5.74) is 2.87. The highest BCUT2D eigenvalue weighted by Crippen LogP contribution is 2.43. The number of hydrogen-bond acceptors (Lipinski definition) is 8. The molecule has 280 valence electrons. The van der Waals surface area contributed by atoms with Crippen molar-refractivity contribution in [2.45, 2.75) is 103 Å². The lowest BCUT2D eigenvalue weighted by Crippen LogP contribution is -2.28. The fourth-order valence-electron chi connectivity index (χ4n) is 7.13. The van der Waals surface area contributed by atoms with Gasteiger partial charge >= 0.3 is 0 Å². The second kappa shape index (κ2) is 16.5. The molecule has 2 aromatic carbocycles. The van der Waals surface area contributed by atoms with Crippen LogP contribution in [0.15, 0.2) is 65.7 Å². The lowest BCUT2D eigenvalue weighted by molar-refractivity contribution is -0.166. The molecule has 4 heterocycles. The van der Waals surface area contributed by atoms with Gasteiger partial charge in [0.05, 0.1) is 33.3 Å². The largest absolute Gasteiger partial charge is 0.390 e. The van der Waals surface area contributed by atoms with E-state index in [2.05, 4.69) is 44.6 Å². The van der Waals surface area contributed by atoms with E-state index in [9.17, 15) is 9.90 Å². The number of carbonyl (C=O) groups excluding carboxylic acids is 1. The van der Waals surface area contributed by atoms with Crippen molar-refractivity contribution in [1.29, 1.82) is 0 Å². The van der Waals surface area contributed by atoms with Gasteiger partial charge in [0.1, 0.15) is 28.6 Å². The Bertz CT molecular complexity index is 1960. The molecule has 4 aliphatic rings. The summed E-state index contributed by atoms with van der Waals surface area (Å²) in [4.78, 5) is 19.9. The highest BCUT2D eigenvalue weighted by molar-refractivity contribution is 9.10. The zero-order chi connectivity index (χ0) is 36.8. The molecule has 52 heavy (non-hydrogen) atoms. The summed E-state index contributed by atoms with van der Waals surface area (Å²) in [5.74, 6) is -0.677. The summed E-state index contributed by atoms with van der Waals surface area (Å²) < 4.78 is 24.0. The molecule has 4 fully saturated rings. The summed E-state index contributed by atoms with van der Waals surface area (Å²) in [6, 6.07) is 15.6. The summed E-state index contributed by atoms with van der Waals surface area (Å²) in [5, 5.41) is 13.8. The quantitative estimate of drug-likeness (QED) is 0.160. The fourth-order valence-corrected chi connectivity index (χ4v) is 8.09. The first-order chi connectivity index (χ1) is 24.0. The number of ether oxygens (including phenoxy) is 4. The Labute approximate surface area is 333 Å². The molecule has 0 amide bonds. The first kappa shape index (κ1) is 41.3. The first-order valence-electron chi connectivity index (χ1n) is 16.7. The van der Waals surface area contributed by atoms with Crippen molar-refractivity contribution in [3.05, 3.63) is 91.6 Å². The Balaban J connectivity index is 0.000000164. The Hall–Kier alpha value is -1.89. The van der Waals surface area contributed by atoms with Gasteiger partial charge in [0, 0.05) is 27.6 Å². The Morgan fingerprint density at radius 3 is 2.04 bits per heavy atom. The van der Waals surface area contributed by atoms with E-state index in [0.717, 1.165) is 45.5 Å². The lowest BCUT2D eigenvalue weighted by Gasteiger charge is -2.22. The number of fused-ring (bicyclic) bond motifs is 4. The van der Waals surface area contributed by atoms with Crippen LogP contribution in [0.2, 0.25) is 20.4 Å². The summed E-state index contributed by atoms with van der Waals surface area (Å²) in [6.07, 6.45) is 3.68. The van der Waals surface area contributed by atoms with Gasteiger partial charge in [0.25, 0.3) is 0 Å². The predicted octanol–water partition coefficient (Wildman–Crippen LogP) is 10.6. The maximum absolute atomic E-state index is 11.5. The maximum atomic E-state index is 11.5. The summed E-state index contributed by atoms with van der Waals surface area (Å²) in [6.45, 7) is 11.2. The van der Waals surface area contributed by atoms with Gasteiger partial charge in [0.2, 0.25) is 0 Å². The first-order valence-corrected chi connectivity index (χ1v) is 19.0. The molecule has 2 saturated heterocycles. The Kier molecular flexibility index (Phi) is 13.1. The summed E-state index contributed by atoms with van der Waals surface area (Å²) >= 11 is 27.0. The molecule has 7 atom stereocenters. The molecule has 0 radical (unpaired) electrons. The van der Waals surface area contributed by atoms with E-state index in [1.807, 2.05) is 58.0 Å². The molecular formula is C39H43BrCl4N2O6. The number of carbonyl (C=O) groups is 1. The zero-order valence-electron chi connectivity index (χ0n) is 28.5. The number of halogens is 5. The molecule has 8 rings (SSSR count). The molecule has 2 aromatic heterocycles. The van der Waals surface area contributed by atoms with E-state index in [-0.39, 0.29) is 43.5 Å². The van der Waals surface area contributed by atoms with Crippen molar-refractivity contribution in [2.75, 3.05) is 0 Å². The highest BCUT2D eigenvalue weighted by atomic mass is 79.9. The topological polar surface area (TPSA) is 100 Å². The number of aliphatic hydroxyl groups excluding tert-OH is 1. The van der Waals surface area contributed by atoms with Crippen LogP contribution in [0.4, 0.5) is 0 Å². The summed E-state index contributed by atoms with van der Waals surface area (Å²) in [7, 11) is 0. The van der Waals surface area contributed by atoms with Crippen LogP contribution in [0.25, 0.3) is 21.8 Å². The van der Waals surface area contributed by atoms with Crippen LogP contribution >= 0.6 is 62.3 Å². The van der Waals surface area contributed by atoms with Crippen molar-refractivity contribution in [3.63, 3.8) is 0 Å². The third kappa shape index (κ3) is 9.31. The van der Waals surface area contributed by atoms with Gasteiger partial charge in [0.15, 0.2) is 17.4 Å². The molecule has 0 unspecified atom stereocenters. The van der Waals surface area contributed by atoms with Crippen molar-refractivity contribution < 1.29 is 28.8 Å². The number of pyridine rings is 2. The number of nitrogens with zero attached hydrogens (tertiary/aromatic N) is 2. The number of ketones is 1. The molecule has 2 aliphatic carbocycles. The Morgan fingerprint density at radius 1 is 0.846 bits per heavy atom. The number of benzene rings is 2. The number of Topliss-reactive ketones (excluding diaryl/α,β-unsaturated/α-hetero) is 1. The minimum Gasteiger partial charge on any atom is -0.390 e. The zero-order valence-corrected chi connectivity index (χ0v) is 33.2. The number of aryl methyl sites for hydroxylation is 1. The number of aromatic nitrogens is 2. The number of aliphatic hydroxyl groups is 1. The monoisotopic (exact) mass is 854 g/mol. The molecule has 1 N–H and O–H groups in total. The molecule has 2 aliphatic heterocycles. The average molecular weight is 857 g/mol. The third-order valence-electron chi connectivity index (χ3n) is 9.45. The van der Waals surface area contributed by atoms with Gasteiger partial charge in [-0.25, -0.2) is 9.97 Å².